The molecule has 8 nitrogen and oxygen atoms in total. The summed E-state index contributed by atoms with van der Waals surface area (Å²) in [5.74, 6) is 0.0858. The van der Waals surface area contributed by atoms with Gasteiger partial charge in [0.05, 0.1) is 25.1 Å². The van der Waals surface area contributed by atoms with Crippen LogP contribution in [0.1, 0.15) is 19.4 Å². The number of benzene rings is 2. The molecule has 0 aromatic heterocycles. The molecule has 2 aromatic carbocycles. The number of ketones is 1. The molecule has 0 unspecified atom stereocenters. The van der Waals surface area contributed by atoms with Gasteiger partial charge in [0.15, 0.2) is 5.78 Å². The zero-order valence-corrected chi connectivity index (χ0v) is 18.7. The summed E-state index contributed by atoms with van der Waals surface area (Å²) in [5, 5.41) is 2.37. The van der Waals surface area contributed by atoms with Crippen LogP contribution in [0.2, 0.25) is 0 Å². The SMILES string of the molecule is COc1ccc(S(=O)(=O)N(CC(=O)CNC(=O)OCc2ccccc2)CC(C)C)cc1. The van der Waals surface area contributed by atoms with Crippen LogP contribution in [0.5, 0.6) is 5.75 Å². The summed E-state index contributed by atoms with van der Waals surface area (Å²) in [5.41, 5.74) is 0.817. The maximum absolute atomic E-state index is 13.0. The molecule has 2 rings (SSSR count). The lowest BCUT2D eigenvalue weighted by molar-refractivity contribution is -0.118. The molecule has 0 saturated heterocycles. The Morgan fingerprint density at radius 3 is 2.26 bits per heavy atom. The first-order valence-electron chi connectivity index (χ1n) is 9.83. The third-order valence-electron chi connectivity index (χ3n) is 4.26. The van der Waals surface area contributed by atoms with Crippen molar-refractivity contribution in [2.75, 3.05) is 26.7 Å². The lowest BCUT2D eigenvalue weighted by atomic mass is 10.2. The van der Waals surface area contributed by atoms with Crippen LogP contribution in [0.15, 0.2) is 59.5 Å². The molecule has 1 amide bonds. The third kappa shape index (κ3) is 7.69. The van der Waals surface area contributed by atoms with Crippen molar-refractivity contribution in [2.45, 2.75) is 25.3 Å². The van der Waals surface area contributed by atoms with E-state index in [1.807, 2.05) is 44.2 Å². The van der Waals surface area contributed by atoms with E-state index in [1.54, 1.807) is 12.1 Å². The molecule has 0 saturated carbocycles. The minimum absolute atomic E-state index is 0.00428. The van der Waals surface area contributed by atoms with Crippen LogP contribution in [-0.4, -0.2) is 51.3 Å². The van der Waals surface area contributed by atoms with Gasteiger partial charge in [-0.15, -0.1) is 0 Å². The molecule has 1 N–H and O–H groups in total. The van der Waals surface area contributed by atoms with E-state index in [2.05, 4.69) is 5.32 Å². The van der Waals surface area contributed by atoms with Crippen LogP contribution in [0.4, 0.5) is 4.79 Å². The minimum atomic E-state index is -3.89. The number of carbonyl (C=O) groups excluding carboxylic acids is 2. The minimum Gasteiger partial charge on any atom is -0.497 e. The van der Waals surface area contributed by atoms with Gasteiger partial charge in [-0.1, -0.05) is 44.2 Å². The van der Waals surface area contributed by atoms with Gasteiger partial charge >= 0.3 is 6.09 Å². The summed E-state index contributed by atoms with van der Waals surface area (Å²) >= 11 is 0. The molecule has 0 radical (unpaired) electrons. The maximum Gasteiger partial charge on any atom is 0.407 e. The third-order valence-corrected chi connectivity index (χ3v) is 6.09. The molecule has 0 spiro atoms. The number of rotatable bonds is 11. The average molecular weight is 449 g/mol. The van der Waals surface area contributed by atoms with E-state index in [9.17, 15) is 18.0 Å². The maximum atomic E-state index is 13.0. The molecule has 0 atom stereocenters. The van der Waals surface area contributed by atoms with Gasteiger partial charge < -0.3 is 14.8 Å². The summed E-state index contributed by atoms with van der Waals surface area (Å²) in [6.07, 6.45) is -0.745. The predicted octanol–water partition coefficient (Wildman–Crippen LogP) is 2.84. The number of amides is 1. The lowest BCUT2D eigenvalue weighted by Crippen LogP contribution is -2.41. The van der Waals surface area contributed by atoms with E-state index in [4.69, 9.17) is 9.47 Å². The van der Waals surface area contributed by atoms with Gasteiger partial charge in [-0.25, -0.2) is 13.2 Å². The van der Waals surface area contributed by atoms with Crippen LogP contribution in [-0.2, 0) is 26.2 Å². The fourth-order valence-electron chi connectivity index (χ4n) is 2.75. The smallest absolute Gasteiger partial charge is 0.407 e. The molecule has 2 aromatic rings. The quantitative estimate of drug-likeness (QED) is 0.567. The zero-order valence-electron chi connectivity index (χ0n) is 17.9. The number of hydrogen-bond donors (Lipinski definition) is 1. The number of hydrogen-bond acceptors (Lipinski definition) is 6. The van der Waals surface area contributed by atoms with E-state index in [1.165, 1.54) is 19.2 Å². The van der Waals surface area contributed by atoms with Gasteiger partial charge in [-0.3, -0.25) is 4.79 Å². The average Bonchev–Trinajstić information content (AvgIpc) is 2.76. The summed E-state index contributed by atoms with van der Waals surface area (Å²) < 4.78 is 37.3. The van der Waals surface area contributed by atoms with Gasteiger partial charge in [0.2, 0.25) is 10.0 Å². The zero-order chi connectivity index (χ0) is 22.9. The highest BCUT2D eigenvalue weighted by Crippen LogP contribution is 2.20. The number of sulfonamides is 1. The van der Waals surface area contributed by atoms with Gasteiger partial charge in [-0.2, -0.15) is 4.31 Å². The van der Waals surface area contributed by atoms with Crippen molar-refractivity contribution >= 4 is 21.9 Å². The predicted molar refractivity (Wildman–Crippen MR) is 116 cm³/mol. The molecule has 0 aliphatic rings. The number of Topliss-reactive ketones (excluding diaryl/α,β-unsaturated/α-hetero) is 1. The van der Waals surface area contributed by atoms with Crippen molar-refractivity contribution in [3.05, 3.63) is 60.2 Å². The second kappa shape index (κ2) is 11.5. The Morgan fingerprint density at radius 2 is 1.68 bits per heavy atom. The van der Waals surface area contributed by atoms with Crippen LogP contribution < -0.4 is 10.1 Å². The topological polar surface area (TPSA) is 102 Å². The van der Waals surface area contributed by atoms with Crippen LogP contribution in [0, 0.1) is 5.92 Å². The van der Waals surface area contributed by atoms with Gasteiger partial charge in [0.1, 0.15) is 12.4 Å². The van der Waals surface area contributed by atoms with Crippen LogP contribution in [0.3, 0.4) is 0 Å². The first-order chi connectivity index (χ1) is 14.7. The first kappa shape index (κ1) is 24.4. The molecule has 168 valence electrons. The summed E-state index contributed by atoms with van der Waals surface area (Å²) in [7, 11) is -2.40. The molecule has 0 aliphatic carbocycles. The normalized spacial score (nSPS) is 11.4. The molecule has 31 heavy (non-hydrogen) atoms. The van der Waals surface area contributed by atoms with Crippen molar-refractivity contribution in [2.24, 2.45) is 5.92 Å². The fourth-order valence-corrected chi connectivity index (χ4v) is 4.34. The molecule has 0 bridgehead atoms. The Balaban J connectivity index is 1.96. The van der Waals surface area contributed by atoms with Crippen molar-refractivity contribution < 1.29 is 27.5 Å². The lowest BCUT2D eigenvalue weighted by Gasteiger charge is -2.23. The first-order valence-corrected chi connectivity index (χ1v) is 11.3. The van der Waals surface area contributed by atoms with Crippen molar-refractivity contribution in [3.63, 3.8) is 0 Å². The Bertz CT molecular complexity index is 959. The van der Waals surface area contributed by atoms with Crippen molar-refractivity contribution in [1.29, 1.82) is 0 Å². The Hall–Kier alpha value is -2.91. The standard InChI is InChI=1S/C22H28N2O6S/c1-17(2)14-24(31(27,28)21-11-9-20(29-3)10-12-21)15-19(25)13-23-22(26)30-16-18-7-5-4-6-8-18/h4-12,17H,13-16H2,1-3H3,(H,23,26). The summed E-state index contributed by atoms with van der Waals surface area (Å²) in [6.45, 7) is 3.27. The molecular formula is C22H28N2O6S. The number of nitrogens with zero attached hydrogens (tertiary/aromatic N) is 1. The van der Waals surface area contributed by atoms with E-state index >= 15 is 0 Å². The van der Waals surface area contributed by atoms with E-state index in [-0.39, 0.29) is 37.1 Å². The molecular weight excluding hydrogens is 420 g/mol. The number of carbonyl (C=O) groups is 2. The highest BCUT2D eigenvalue weighted by Gasteiger charge is 2.27. The Morgan fingerprint density at radius 1 is 1.03 bits per heavy atom. The molecule has 0 aliphatic heterocycles. The van der Waals surface area contributed by atoms with E-state index in [0.29, 0.717) is 5.75 Å². The van der Waals surface area contributed by atoms with Gasteiger partial charge in [-0.05, 0) is 35.7 Å². The Kier molecular flexibility index (Phi) is 9.02. The van der Waals surface area contributed by atoms with Gasteiger partial charge in [0, 0.05) is 6.54 Å². The number of nitrogens with one attached hydrogen (secondary N) is 1. The van der Waals surface area contributed by atoms with E-state index < -0.39 is 21.9 Å². The van der Waals surface area contributed by atoms with Gasteiger partial charge in [0.25, 0.3) is 0 Å². The fraction of sp³-hybridized carbons (Fsp3) is 0.364. The number of ether oxygens (including phenoxy) is 2. The Labute approximate surface area is 183 Å². The van der Waals surface area contributed by atoms with E-state index in [0.717, 1.165) is 9.87 Å². The number of methoxy groups -OCH3 is 1. The second-order valence-corrected chi connectivity index (χ2v) is 9.26. The monoisotopic (exact) mass is 448 g/mol. The summed E-state index contributed by atoms with van der Waals surface area (Å²) in [4.78, 5) is 24.3. The van der Waals surface area contributed by atoms with Crippen molar-refractivity contribution in [3.8, 4) is 5.75 Å². The van der Waals surface area contributed by atoms with Crippen LogP contribution >= 0.6 is 0 Å². The highest BCUT2D eigenvalue weighted by atomic mass is 32.2. The highest BCUT2D eigenvalue weighted by molar-refractivity contribution is 7.89. The molecule has 0 fully saturated rings. The largest absolute Gasteiger partial charge is 0.497 e. The van der Waals surface area contributed by atoms with Crippen LogP contribution in [0.25, 0.3) is 0 Å². The van der Waals surface area contributed by atoms with Crippen molar-refractivity contribution in [1.82, 2.24) is 9.62 Å². The molecule has 9 heteroatoms. The summed E-state index contributed by atoms with van der Waals surface area (Å²) in [6, 6.07) is 15.1. The number of alkyl carbamates (subject to hydrolysis) is 1. The second-order valence-electron chi connectivity index (χ2n) is 7.32. The molecule has 0 heterocycles.